The topological polar surface area (TPSA) is 47.5 Å². The van der Waals surface area contributed by atoms with Crippen molar-refractivity contribution in [3.63, 3.8) is 0 Å². The van der Waals surface area contributed by atoms with Crippen LogP contribution in [0.1, 0.15) is 25.7 Å². The van der Waals surface area contributed by atoms with Crippen molar-refractivity contribution in [1.82, 2.24) is 0 Å². The molecule has 0 aromatic heterocycles. The highest BCUT2D eigenvalue weighted by Crippen LogP contribution is 1.94. The molecule has 11 heavy (non-hydrogen) atoms. The van der Waals surface area contributed by atoms with Gasteiger partial charge in [0.1, 0.15) is 0 Å². The maximum Gasteiger partial charge on any atom is 0.223 e. The molecule has 1 amide bonds. The predicted molar refractivity (Wildman–Crippen MR) is 43.2 cm³/mol. The third-order valence-electron chi connectivity index (χ3n) is 2.29. The van der Waals surface area contributed by atoms with Crippen molar-refractivity contribution in [3.05, 3.63) is 0 Å². The Morgan fingerprint density at radius 3 is 2.45 bits per heavy atom. The summed E-state index contributed by atoms with van der Waals surface area (Å²) >= 11 is 0. The first-order valence-corrected chi connectivity index (χ1v) is 4.41. The van der Waals surface area contributed by atoms with Crippen molar-refractivity contribution in [2.45, 2.75) is 25.7 Å². The molecule has 1 aliphatic heterocycles. The summed E-state index contributed by atoms with van der Waals surface area (Å²) in [5, 5.41) is 0. The van der Waals surface area contributed by atoms with E-state index in [0.29, 0.717) is 6.42 Å². The van der Waals surface area contributed by atoms with Crippen LogP contribution in [0.25, 0.3) is 0 Å². The fourth-order valence-corrected chi connectivity index (χ4v) is 1.60. The summed E-state index contributed by atoms with van der Waals surface area (Å²) in [6.07, 6.45) is 4.54. The van der Waals surface area contributed by atoms with Gasteiger partial charge in [0.2, 0.25) is 5.91 Å². The van der Waals surface area contributed by atoms with Crippen LogP contribution in [0.15, 0.2) is 0 Å². The average molecular weight is 157 g/mol. The van der Waals surface area contributed by atoms with Crippen LogP contribution in [0, 0.1) is 0 Å². The molecule has 3 nitrogen and oxygen atoms in total. The molecule has 3 heteroatoms. The number of likely N-dealkylation sites (tertiary alicyclic amines) is 1. The van der Waals surface area contributed by atoms with Crippen LogP contribution in [-0.4, -0.2) is 25.5 Å². The SMILES string of the molecule is NC(=O)CC[NH+]1CCCCC1. The minimum Gasteiger partial charge on any atom is -0.369 e. The molecule has 0 atom stereocenters. The second-order valence-electron chi connectivity index (χ2n) is 3.28. The monoisotopic (exact) mass is 157 g/mol. The van der Waals surface area contributed by atoms with E-state index in [0.717, 1.165) is 6.54 Å². The minimum absolute atomic E-state index is 0.164. The van der Waals surface area contributed by atoms with Crippen molar-refractivity contribution in [3.8, 4) is 0 Å². The number of primary amides is 1. The Bertz CT molecular complexity index is 130. The van der Waals surface area contributed by atoms with Gasteiger partial charge in [-0.1, -0.05) is 0 Å². The summed E-state index contributed by atoms with van der Waals surface area (Å²) < 4.78 is 0. The van der Waals surface area contributed by atoms with Crippen molar-refractivity contribution in [2.75, 3.05) is 19.6 Å². The van der Waals surface area contributed by atoms with Gasteiger partial charge < -0.3 is 10.6 Å². The number of nitrogens with two attached hydrogens (primary N) is 1. The van der Waals surface area contributed by atoms with Crippen molar-refractivity contribution < 1.29 is 9.69 Å². The Morgan fingerprint density at radius 1 is 1.27 bits per heavy atom. The molecule has 0 aromatic carbocycles. The molecule has 1 heterocycles. The van der Waals surface area contributed by atoms with Crippen LogP contribution in [0.4, 0.5) is 0 Å². The lowest BCUT2D eigenvalue weighted by Gasteiger charge is -2.22. The molecule has 1 saturated heterocycles. The number of rotatable bonds is 3. The van der Waals surface area contributed by atoms with E-state index < -0.39 is 0 Å². The molecule has 0 aliphatic carbocycles. The fourth-order valence-electron chi connectivity index (χ4n) is 1.60. The van der Waals surface area contributed by atoms with E-state index in [1.165, 1.54) is 32.4 Å². The zero-order valence-corrected chi connectivity index (χ0v) is 6.94. The largest absolute Gasteiger partial charge is 0.369 e. The molecular formula is C8H17N2O+. The molecule has 0 spiro atoms. The zero-order valence-electron chi connectivity index (χ0n) is 6.94. The molecule has 0 saturated carbocycles. The number of nitrogens with one attached hydrogen (secondary N) is 1. The molecule has 0 bridgehead atoms. The quantitative estimate of drug-likeness (QED) is 0.538. The van der Waals surface area contributed by atoms with Crippen LogP contribution in [-0.2, 0) is 4.79 Å². The van der Waals surface area contributed by atoms with Crippen LogP contribution in [0.3, 0.4) is 0 Å². The zero-order chi connectivity index (χ0) is 8.10. The van der Waals surface area contributed by atoms with Gasteiger partial charge in [-0.05, 0) is 19.3 Å². The van der Waals surface area contributed by atoms with Crippen molar-refractivity contribution in [1.29, 1.82) is 0 Å². The van der Waals surface area contributed by atoms with E-state index in [9.17, 15) is 4.79 Å². The number of quaternary nitrogens is 1. The lowest BCUT2D eigenvalue weighted by Crippen LogP contribution is -3.12. The summed E-state index contributed by atoms with van der Waals surface area (Å²) in [7, 11) is 0. The molecule has 1 aliphatic rings. The lowest BCUT2D eigenvalue weighted by molar-refractivity contribution is -0.904. The third kappa shape index (κ3) is 3.37. The number of hydrogen-bond donors (Lipinski definition) is 2. The molecule has 64 valence electrons. The Kier molecular flexibility index (Phi) is 3.36. The fraction of sp³-hybridized carbons (Fsp3) is 0.875. The highest BCUT2D eigenvalue weighted by atomic mass is 16.1. The van der Waals surface area contributed by atoms with Crippen LogP contribution >= 0.6 is 0 Å². The highest BCUT2D eigenvalue weighted by Gasteiger charge is 2.13. The van der Waals surface area contributed by atoms with Crippen LogP contribution in [0.2, 0.25) is 0 Å². The average Bonchev–Trinajstić information content (AvgIpc) is 2.03. The van der Waals surface area contributed by atoms with E-state index in [2.05, 4.69) is 0 Å². The van der Waals surface area contributed by atoms with Gasteiger partial charge in [0, 0.05) is 0 Å². The molecular weight excluding hydrogens is 140 g/mol. The lowest BCUT2D eigenvalue weighted by atomic mass is 10.1. The standard InChI is InChI=1S/C8H16N2O/c9-8(11)4-7-10-5-2-1-3-6-10/h1-7H2,(H2,9,11)/p+1. The second kappa shape index (κ2) is 4.34. The van der Waals surface area contributed by atoms with Crippen molar-refractivity contribution in [2.24, 2.45) is 5.73 Å². The van der Waals surface area contributed by atoms with Crippen LogP contribution < -0.4 is 10.6 Å². The van der Waals surface area contributed by atoms with E-state index in [-0.39, 0.29) is 5.91 Å². The Hall–Kier alpha value is -0.570. The van der Waals surface area contributed by atoms with E-state index >= 15 is 0 Å². The Morgan fingerprint density at radius 2 is 1.91 bits per heavy atom. The second-order valence-corrected chi connectivity index (χ2v) is 3.28. The first-order valence-electron chi connectivity index (χ1n) is 4.41. The van der Waals surface area contributed by atoms with Gasteiger partial charge in [-0.15, -0.1) is 0 Å². The van der Waals surface area contributed by atoms with Gasteiger partial charge >= 0.3 is 0 Å². The van der Waals surface area contributed by atoms with E-state index in [1.807, 2.05) is 0 Å². The van der Waals surface area contributed by atoms with E-state index in [4.69, 9.17) is 5.73 Å². The van der Waals surface area contributed by atoms with Gasteiger partial charge in [0.05, 0.1) is 26.1 Å². The molecule has 0 aromatic rings. The normalized spacial score (nSPS) is 20.0. The summed E-state index contributed by atoms with van der Waals surface area (Å²) in [6.45, 7) is 3.40. The predicted octanol–water partition coefficient (Wildman–Crippen LogP) is -1.07. The minimum atomic E-state index is -0.164. The third-order valence-corrected chi connectivity index (χ3v) is 2.29. The van der Waals surface area contributed by atoms with Gasteiger partial charge in [0.25, 0.3) is 0 Å². The van der Waals surface area contributed by atoms with Gasteiger partial charge in [0.15, 0.2) is 0 Å². The smallest absolute Gasteiger partial charge is 0.223 e. The maximum absolute atomic E-state index is 10.5. The van der Waals surface area contributed by atoms with Crippen molar-refractivity contribution >= 4 is 5.91 Å². The van der Waals surface area contributed by atoms with Gasteiger partial charge in [-0.25, -0.2) is 0 Å². The van der Waals surface area contributed by atoms with Gasteiger partial charge in [-0.2, -0.15) is 0 Å². The molecule has 1 rings (SSSR count). The molecule has 0 radical (unpaired) electrons. The highest BCUT2D eigenvalue weighted by molar-refractivity contribution is 5.73. The summed E-state index contributed by atoms with van der Waals surface area (Å²) in [4.78, 5) is 12.0. The van der Waals surface area contributed by atoms with Crippen LogP contribution in [0.5, 0.6) is 0 Å². The van der Waals surface area contributed by atoms with Gasteiger partial charge in [-0.3, -0.25) is 4.79 Å². The number of hydrogen-bond acceptors (Lipinski definition) is 1. The maximum atomic E-state index is 10.5. The van der Waals surface area contributed by atoms with E-state index in [1.54, 1.807) is 4.90 Å². The first kappa shape index (κ1) is 8.53. The molecule has 1 fully saturated rings. The first-order chi connectivity index (χ1) is 5.29. The number of carbonyl (C=O) groups excluding carboxylic acids is 1. The Labute approximate surface area is 67.5 Å². The Balaban J connectivity index is 2.09. The summed E-state index contributed by atoms with van der Waals surface area (Å²) in [5.74, 6) is -0.164. The number of amides is 1. The summed E-state index contributed by atoms with van der Waals surface area (Å²) in [6, 6.07) is 0. The summed E-state index contributed by atoms with van der Waals surface area (Å²) in [5.41, 5.74) is 5.06. The number of piperidine rings is 1. The number of carbonyl (C=O) groups is 1. The molecule has 0 unspecified atom stereocenters. The molecule has 3 N–H and O–H groups in total.